The Morgan fingerprint density at radius 2 is 2.00 bits per heavy atom. The number of nitrogens with two attached hydrogens (primary N) is 1. The van der Waals surface area contributed by atoms with E-state index >= 15 is 0 Å². The molecule has 0 saturated carbocycles. The summed E-state index contributed by atoms with van der Waals surface area (Å²) >= 11 is 5.34. The number of nitrogens with one attached hydrogen (secondary N) is 1. The molecule has 2 nitrogen and oxygen atoms in total. The number of hydrogen-bond acceptors (Lipinski definition) is 3. The summed E-state index contributed by atoms with van der Waals surface area (Å²) in [6.45, 7) is 0. The van der Waals surface area contributed by atoms with Crippen LogP contribution in [0.1, 0.15) is 10.4 Å². The molecule has 90 valence electrons. The van der Waals surface area contributed by atoms with E-state index in [1.54, 1.807) is 11.3 Å². The van der Waals surface area contributed by atoms with Gasteiger partial charge in [-0.3, -0.25) is 11.3 Å². The Labute approximate surface area is 114 Å². The Hall–Kier alpha value is -0.680. The van der Waals surface area contributed by atoms with Crippen molar-refractivity contribution in [2.45, 2.75) is 18.9 Å². The van der Waals surface area contributed by atoms with Crippen molar-refractivity contribution in [1.82, 2.24) is 5.43 Å². The van der Waals surface area contributed by atoms with Crippen LogP contribution in [0, 0.1) is 0 Å². The van der Waals surface area contributed by atoms with Crippen molar-refractivity contribution in [2.75, 3.05) is 0 Å². The molecule has 0 saturated heterocycles. The van der Waals surface area contributed by atoms with Crippen molar-refractivity contribution in [2.24, 2.45) is 5.84 Å². The molecule has 17 heavy (non-hydrogen) atoms. The Kier molecular flexibility index (Phi) is 4.74. The average Bonchev–Trinajstić information content (AvgIpc) is 2.84. The summed E-state index contributed by atoms with van der Waals surface area (Å²) in [5.74, 6) is 5.63. The molecule has 1 aromatic carbocycles. The van der Waals surface area contributed by atoms with Gasteiger partial charge in [0.15, 0.2) is 0 Å². The van der Waals surface area contributed by atoms with Gasteiger partial charge in [0.05, 0.1) is 0 Å². The maximum Gasteiger partial charge on any atom is 0.0299 e. The Morgan fingerprint density at radius 3 is 2.65 bits per heavy atom. The van der Waals surface area contributed by atoms with Crippen LogP contribution in [0.5, 0.6) is 0 Å². The zero-order valence-corrected chi connectivity index (χ0v) is 11.8. The Balaban J connectivity index is 2.03. The van der Waals surface area contributed by atoms with Crippen molar-refractivity contribution in [3.63, 3.8) is 0 Å². The fraction of sp³-hybridized carbons (Fsp3) is 0.231. The number of halogens is 1. The molecule has 0 spiro atoms. The summed E-state index contributed by atoms with van der Waals surface area (Å²) in [5.41, 5.74) is 4.19. The highest BCUT2D eigenvalue weighted by Crippen LogP contribution is 2.19. The fourth-order valence-electron chi connectivity index (χ4n) is 1.79. The molecule has 0 amide bonds. The van der Waals surface area contributed by atoms with Crippen LogP contribution in [0.3, 0.4) is 0 Å². The first kappa shape index (κ1) is 12.8. The molecule has 1 atom stereocenters. The van der Waals surface area contributed by atoms with Gasteiger partial charge >= 0.3 is 0 Å². The first-order valence-electron chi connectivity index (χ1n) is 5.51. The molecule has 0 radical (unpaired) electrons. The minimum Gasteiger partial charge on any atom is -0.271 e. The number of benzene rings is 1. The molecule has 3 N–H and O–H groups in total. The van der Waals surface area contributed by atoms with Crippen LogP contribution in [0.4, 0.5) is 0 Å². The first-order valence-corrected chi connectivity index (χ1v) is 7.19. The molecule has 2 aromatic rings. The lowest BCUT2D eigenvalue weighted by Gasteiger charge is -2.15. The van der Waals surface area contributed by atoms with Crippen LogP contribution < -0.4 is 11.3 Å². The predicted octanol–water partition coefficient (Wildman–Crippen LogP) is 3.13. The highest BCUT2D eigenvalue weighted by molar-refractivity contribution is 9.10. The van der Waals surface area contributed by atoms with E-state index in [1.165, 1.54) is 10.4 Å². The molecule has 1 unspecified atom stereocenters. The molecular weight excluding hydrogens is 296 g/mol. The second-order valence-electron chi connectivity index (χ2n) is 3.94. The van der Waals surface area contributed by atoms with Crippen molar-refractivity contribution < 1.29 is 0 Å². The zero-order valence-electron chi connectivity index (χ0n) is 9.40. The Morgan fingerprint density at radius 1 is 1.18 bits per heavy atom. The number of rotatable bonds is 5. The number of thiophene rings is 1. The molecule has 0 aliphatic rings. The van der Waals surface area contributed by atoms with Crippen molar-refractivity contribution in [3.05, 3.63) is 56.7 Å². The van der Waals surface area contributed by atoms with Gasteiger partial charge in [-0.2, -0.15) is 0 Å². The third kappa shape index (κ3) is 3.64. The maximum atomic E-state index is 5.63. The zero-order chi connectivity index (χ0) is 12.1. The highest BCUT2D eigenvalue weighted by atomic mass is 79.9. The minimum atomic E-state index is 0.271. The van der Waals surface area contributed by atoms with E-state index in [0.29, 0.717) is 0 Å². The van der Waals surface area contributed by atoms with Crippen LogP contribution in [0.15, 0.2) is 46.3 Å². The second-order valence-corrected chi connectivity index (χ2v) is 5.83. The molecule has 2 rings (SSSR count). The van der Waals surface area contributed by atoms with Crippen molar-refractivity contribution in [3.8, 4) is 0 Å². The number of hydrogen-bond donors (Lipinski definition) is 2. The highest BCUT2D eigenvalue weighted by Gasteiger charge is 2.11. The van der Waals surface area contributed by atoms with Crippen LogP contribution in [0.2, 0.25) is 0 Å². The topological polar surface area (TPSA) is 38.0 Å². The van der Waals surface area contributed by atoms with Gasteiger partial charge in [-0.05, 0) is 35.9 Å². The molecule has 1 aromatic heterocycles. The summed E-state index contributed by atoms with van der Waals surface area (Å²) < 4.78 is 1.14. The van der Waals surface area contributed by atoms with Crippen LogP contribution in [-0.4, -0.2) is 6.04 Å². The summed E-state index contributed by atoms with van der Waals surface area (Å²) in [5, 5.41) is 2.10. The van der Waals surface area contributed by atoms with Gasteiger partial charge in [0, 0.05) is 15.4 Å². The normalized spacial score (nSPS) is 12.6. The molecular formula is C13H15BrN2S. The molecule has 0 bridgehead atoms. The fourth-order valence-corrected chi connectivity index (χ4v) is 3.02. The minimum absolute atomic E-state index is 0.271. The summed E-state index contributed by atoms with van der Waals surface area (Å²) in [4.78, 5) is 1.36. The third-order valence-corrected chi connectivity index (χ3v) is 4.36. The van der Waals surface area contributed by atoms with Gasteiger partial charge in [0.25, 0.3) is 0 Å². The summed E-state index contributed by atoms with van der Waals surface area (Å²) in [6, 6.07) is 12.8. The second kappa shape index (κ2) is 6.31. The molecule has 4 heteroatoms. The smallest absolute Gasteiger partial charge is 0.0299 e. The number of hydrazine groups is 1. The Bertz CT molecular complexity index is 456. The van der Waals surface area contributed by atoms with Crippen molar-refractivity contribution >= 4 is 27.3 Å². The van der Waals surface area contributed by atoms with E-state index in [1.807, 2.05) is 6.07 Å². The predicted molar refractivity (Wildman–Crippen MR) is 77.0 cm³/mol. The third-order valence-electron chi connectivity index (χ3n) is 2.69. The van der Waals surface area contributed by atoms with Crippen LogP contribution in [-0.2, 0) is 12.8 Å². The molecule has 0 aliphatic heterocycles. The van der Waals surface area contributed by atoms with E-state index in [2.05, 4.69) is 57.1 Å². The standard InChI is InChI=1S/C13H15BrN2S/c14-13-6-2-1-4-10(13)8-11(16-15)9-12-5-3-7-17-12/h1-7,11,16H,8-9,15H2. The van der Waals surface area contributed by atoms with Gasteiger partial charge in [-0.25, -0.2) is 0 Å². The summed E-state index contributed by atoms with van der Waals surface area (Å²) in [6.07, 6.45) is 1.89. The van der Waals surface area contributed by atoms with Gasteiger partial charge in [-0.15, -0.1) is 11.3 Å². The average molecular weight is 311 g/mol. The molecule has 0 aliphatic carbocycles. The molecule has 0 fully saturated rings. The lowest BCUT2D eigenvalue weighted by atomic mass is 10.0. The van der Waals surface area contributed by atoms with E-state index in [4.69, 9.17) is 5.84 Å². The van der Waals surface area contributed by atoms with Crippen molar-refractivity contribution in [1.29, 1.82) is 0 Å². The lowest BCUT2D eigenvalue weighted by Crippen LogP contribution is -2.38. The van der Waals surface area contributed by atoms with Gasteiger partial charge in [-0.1, -0.05) is 40.2 Å². The monoisotopic (exact) mass is 310 g/mol. The first-order chi connectivity index (χ1) is 8.29. The lowest BCUT2D eigenvalue weighted by molar-refractivity contribution is 0.525. The summed E-state index contributed by atoms with van der Waals surface area (Å²) in [7, 11) is 0. The van der Waals surface area contributed by atoms with Gasteiger partial charge < -0.3 is 0 Å². The van der Waals surface area contributed by atoms with E-state index < -0.39 is 0 Å². The molecule has 1 heterocycles. The maximum absolute atomic E-state index is 5.63. The van der Waals surface area contributed by atoms with Gasteiger partial charge in [0.2, 0.25) is 0 Å². The van der Waals surface area contributed by atoms with E-state index in [9.17, 15) is 0 Å². The SMILES string of the molecule is NNC(Cc1cccs1)Cc1ccccc1Br. The van der Waals surface area contributed by atoms with Crippen LogP contribution in [0.25, 0.3) is 0 Å². The van der Waals surface area contributed by atoms with E-state index in [0.717, 1.165) is 17.3 Å². The quantitative estimate of drug-likeness (QED) is 0.658. The van der Waals surface area contributed by atoms with Gasteiger partial charge in [0.1, 0.15) is 0 Å². The van der Waals surface area contributed by atoms with Crippen LogP contribution >= 0.6 is 27.3 Å². The largest absolute Gasteiger partial charge is 0.271 e. The van der Waals surface area contributed by atoms with E-state index in [-0.39, 0.29) is 6.04 Å².